The second-order valence-corrected chi connectivity index (χ2v) is 9.24. The van der Waals surface area contributed by atoms with Gasteiger partial charge in [0, 0.05) is 29.4 Å². The molecule has 5 nitrogen and oxygen atoms in total. The number of carbonyl (C=O) groups excluding carboxylic acids is 2. The summed E-state index contributed by atoms with van der Waals surface area (Å²) >= 11 is 1.61. The Labute approximate surface area is 190 Å². The Kier molecular flexibility index (Phi) is 5.53. The third kappa shape index (κ3) is 3.72. The lowest BCUT2D eigenvalue weighted by Crippen LogP contribution is -2.59. The van der Waals surface area contributed by atoms with Crippen LogP contribution in [0.4, 0.5) is 4.39 Å². The lowest BCUT2D eigenvalue weighted by molar-refractivity contribution is -0.160. The van der Waals surface area contributed by atoms with E-state index in [1.165, 1.54) is 18.2 Å². The van der Waals surface area contributed by atoms with Crippen LogP contribution in [0.5, 0.6) is 0 Å². The van der Waals surface area contributed by atoms with Crippen molar-refractivity contribution in [3.63, 3.8) is 0 Å². The van der Waals surface area contributed by atoms with Gasteiger partial charge in [0.1, 0.15) is 5.82 Å². The van der Waals surface area contributed by atoms with Crippen molar-refractivity contribution in [2.24, 2.45) is 0 Å². The Bertz CT molecular complexity index is 1120. The van der Waals surface area contributed by atoms with E-state index in [0.717, 1.165) is 10.4 Å². The monoisotopic (exact) mass is 450 g/mol. The lowest BCUT2D eigenvalue weighted by atomic mass is 9.83. The maximum absolute atomic E-state index is 13.8. The molecule has 164 valence electrons. The fraction of sp³-hybridized carbons (Fsp3) is 0.280. The molecule has 2 aliphatic rings. The minimum atomic E-state index is -1.15. The highest BCUT2D eigenvalue weighted by molar-refractivity contribution is 7.09. The SMILES string of the molecule is O=C(c1cccc(F)c1)N1CCO[C@@]2(C1)C(=O)N(Cc1cccs1)C[C@H]2c1ccccc1. The number of hydrogen-bond acceptors (Lipinski definition) is 4. The second-order valence-electron chi connectivity index (χ2n) is 8.20. The van der Waals surface area contributed by atoms with Crippen LogP contribution in [0, 0.1) is 5.82 Å². The summed E-state index contributed by atoms with van der Waals surface area (Å²) in [5.74, 6) is -1.06. The molecule has 2 amide bonds. The van der Waals surface area contributed by atoms with Gasteiger partial charge in [-0.25, -0.2) is 4.39 Å². The number of ether oxygens (including phenoxy) is 1. The Balaban J connectivity index is 1.48. The molecule has 0 N–H and O–H groups in total. The zero-order valence-electron chi connectivity index (χ0n) is 17.4. The van der Waals surface area contributed by atoms with Crippen molar-refractivity contribution in [2.45, 2.75) is 18.1 Å². The van der Waals surface area contributed by atoms with Crippen LogP contribution in [-0.2, 0) is 16.1 Å². The summed E-state index contributed by atoms with van der Waals surface area (Å²) < 4.78 is 20.0. The molecule has 1 aromatic heterocycles. The lowest BCUT2D eigenvalue weighted by Gasteiger charge is -2.42. The van der Waals surface area contributed by atoms with Gasteiger partial charge in [-0.2, -0.15) is 0 Å². The number of likely N-dealkylation sites (tertiary alicyclic amines) is 1. The summed E-state index contributed by atoms with van der Waals surface area (Å²) in [7, 11) is 0. The number of amides is 2. The molecule has 1 spiro atoms. The number of thiophene rings is 1. The first-order valence-corrected chi connectivity index (χ1v) is 11.5. The number of rotatable bonds is 4. The molecule has 7 heteroatoms. The fourth-order valence-electron chi connectivity index (χ4n) is 4.72. The largest absolute Gasteiger partial charge is 0.361 e. The maximum Gasteiger partial charge on any atom is 0.257 e. The first-order valence-electron chi connectivity index (χ1n) is 10.6. The number of morpholine rings is 1. The minimum absolute atomic E-state index is 0.100. The van der Waals surface area contributed by atoms with Crippen LogP contribution in [0.25, 0.3) is 0 Å². The second kappa shape index (κ2) is 8.48. The van der Waals surface area contributed by atoms with Crippen molar-refractivity contribution in [1.29, 1.82) is 0 Å². The van der Waals surface area contributed by atoms with E-state index < -0.39 is 11.4 Å². The molecule has 2 saturated heterocycles. The Morgan fingerprint density at radius 1 is 1.12 bits per heavy atom. The van der Waals surface area contributed by atoms with E-state index in [-0.39, 0.29) is 36.4 Å². The maximum atomic E-state index is 13.8. The molecule has 0 aliphatic carbocycles. The van der Waals surface area contributed by atoms with Crippen molar-refractivity contribution in [3.05, 3.63) is 93.9 Å². The molecule has 2 atom stereocenters. The van der Waals surface area contributed by atoms with Crippen LogP contribution in [0.2, 0.25) is 0 Å². The fourth-order valence-corrected chi connectivity index (χ4v) is 5.44. The van der Waals surface area contributed by atoms with Crippen LogP contribution in [0.15, 0.2) is 72.1 Å². The zero-order valence-corrected chi connectivity index (χ0v) is 18.3. The highest BCUT2D eigenvalue weighted by atomic mass is 32.1. The molecule has 2 fully saturated rings. The van der Waals surface area contributed by atoms with Crippen LogP contribution >= 0.6 is 11.3 Å². The number of benzene rings is 2. The van der Waals surface area contributed by atoms with Crippen LogP contribution in [0.1, 0.15) is 26.7 Å². The average molecular weight is 451 g/mol. The first-order chi connectivity index (χ1) is 15.6. The molecule has 32 heavy (non-hydrogen) atoms. The van der Waals surface area contributed by atoms with E-state index in [9.17, 15) is 14.0 Å². The van der Waals surface area contributed by atoms with Gasteiger partial charge in [-0.05, 0) is 35.2 Å². The molecule has 2 aliphatic heterocycles. The number of hydrogen-bond donors (Lipinski definition) is 0. The molecule has 0 bridgehead atoms. The summed E-state index contributed by atoms with van der Waals surface area (Å²) in [4.78, 5) is 31.5. The van der Waals surface area contributed by atoms with E-state index in [1.54, 1.807) is 22.3 Å². The quantitative estimate of drug-likeness (QED) is 0.605. The summed E-state index contributed by atoms with van der Waals surface area (Å²) in [6.45, 7) is 1.78. The predicted octanol–water partition coefficient (Wildman–Crippen LogP) is 3.92. The molecule has 3 heterocycles. The van der Waals surface area contributed by atoms with Crippen molar-refractivity contribution in [3.8, 4) is 0 Å². The van der Waals surface area contributed by atoms with Gasteiger partial charge in [-0.3, -0.25) is 9.59 Å². The van der Waals surface area contributed by atoms with Crippen LogP contribution in [-0.4, -0.2) is 53.5 Å². The normalized spacial score (nSPS) is 23.2. The Hall–Kier alpha value is -3.03. The van der Waals surface area contributed by atoms with Gasteiger partial charge >= 0.3 is 0 Å². The van der Waals surface area contributed by atoms with Gasteiger partial charge in [-0.15, -0.1) is 11.3 Å². The average Bonchev–Trinajstić information content (AvgIpc) is 3.42. The third-order valence-electron chi connectivity index (χ3n) is 6.25. The van der Waals surface area contributed by atoms with Crippen molar-refractivity contribution in [1.82, 2.24) is 9.80 Å². The van der Waals surface area contributed by atoms with Gasteiger partial charge in [0.05, 0.1) is 19.7 Å². The van der Waals surface area contributed by atoms with Crippen LogP contribution < -0.4 is 0 Å². The van der Waals surface area contributed by atoms with Gasteiger partial charge in [0.2, 0.25) is 0 Å². The summed E-state index contributed by atoms with van der Waals surface area (Å²) in [6, 6.07) is 19.5. The number of nitrogens with zero attached hydrogens (tertiary/aromatic N) is 2. The van der Waals surface area contributed by atoms with E-state index in [0.29, 0.717) is 19.6 Å². The molecule has 0 radical (unpaired) electrons. The minimum Gasteiger partial charge on any atom is -0.361 e. The van der Waals surface area contributed by atoms with Gasteiger partial charge < -0.3 is 14.5 Å². The molecule has 2 aromatic carbocycles. The van der Waals surface area contributed by atoms with Crippen molar-refractivity contribution in [2.75, 3.05) is 26.2 Å². The number of halogens is 1. The predicted molar refractivity (Wildman–Crippen MR) is 120 cm³/mol. The summed E-state index contributed by atoms with van der Waals surface area (Å²) in [5.41, 5.74) is 0.133. The van der Waals surface area contributed by atoms with Crippen molar-refractivity contribution >= 4 is 23.2 Å². The molecule has 0 saturated carbocycles. The topological polar surface area (TPSA) is 49.9 Å². The summed E-state index contributed by atoms with van der Waals surface area (Å²) in [5, 5.41) is 2.00. The first kappa shape index (κ1) is 20.8. The van der Waals surface area contributed by atoms with E-state index in [1.807, 2.05) is 52.7 Å². The van der Waals surface area contributed by atoms with E-state index >= 15 is 0 Å². The van der Waals surface area contributed by atoms with Crippen molar-refractivity contribution < 1.29 is 18.7 Å². The van der Waals surface area contributed by atoms with Gasteiger partial charge in [0.15, 0.2) is 5.60 Å². The molecule has 5 rings (SSSR count). The van der Waals surface area contributed by atoms with E-state index in [4.69, 9.17) is 4.74 Å². The van der Waals surface area contributed by atoms with Gasteiger partial charge in [0.25, 0.3) is 11.8 Å². The summed E-state index contributed by atoms with van der Waals surface area (Å²) in [6.07, 6.45) is 0. The zero-order chi connectivity index (χ0) is 22.1. The standard InChI is InChI=1S/C25H23FN2O3S/c26-20-9-4-8-19(14-20)23(29)27-11-12-31-25(17-27)22(18-6-2-1-3-7-18)16-28(24(25)30)15-21-10-5-13-32-21/h1-10,13-14,22H,11-12,15-17H2/t22-,25+/m0/s1. The van der Waals surface area contributed by atoms with E-state index in [2.05, 4.69) is 0 Å². The molecule has 3 aromatic rings. The van der Waals surface area contributed by atoms with Gasteiger partial charge in [-0.1, -0.05) is 42.5 Å². The third-order valence-corrected chi connectivity index (χ3v) is 7.11. The van der Waals surface area contributed by atoms with Crippen LogP contribution in [0.3, 0.4) is 0 Å². The highest BCUT2D eigenvalue weighted by Crippen LogP contribution is 2.43. The Morgan fingerprint density at radius 3 is 2.72 bits per heavy atom. The molecular weight excluding hydrogens is 427 g/mol. The molecular formula is C25H23FN2O3S. The number of carbonyl (C=O) groups is 2. The molecule has 0 unspecified atom stereocenters. The Morgan fingerprint density at radius 2 is 1.97 bits per heavy atom. The highest BCUT2D eigenvalue weighted by Gasteiger charge is 2.58. The smallest absolute Gasteiger partial charge is 0.257 e.